The quantitative estimate of drug-likeness (QED) is 0.728. The monoisotopic (exact) mass is 354 g/mol. The molecule has 7 heteroatoms. The van der Waals surface area contributed by atoms with E-state index < -0.39 is 0 Å². The lowest BCUT2D eigenvalue weighted by Crippen LogP contribution is -2.34. The zero-order valence-corrected chi connectivity index (χ0v) is 14.7. The van der Waals surface area contributed by atoms with Crippen LogP contribution in [0.15, 0.2) is 47.0 Å². The van der Waals surface area contributed by atoms with Crippen LogP contribution in [0.25, 0.3) is 22.8 Å². The predicted molar refractivity (Wildman–Crippen MR) is 97.2 cm³/mol. The molecule has 26 heavy (non-hydrogen) atoms. The molecule has 3 rings (SSSR count). The van der Waals surface area contributed by atoms with Gasteiger partial charge in [0.2, 0.25) is 5.82 Å². The van der Waals surface area contributed by atoms with Crippen molar-refractivity contribution in [2.45, 2.75) is 26.8 Å². The molecule has 2 aromatic carbocycles. The minimum Gasteiger partial charge on any atom is -0.336 e. The van der Waals surface area contributed by atoms with Crippen LogP contribution in [0.4, 0.5) is 14.9 Å². The van der Waals surface area contributed by atoms with Crippen molar-refractivity contribution in [2.24, 2.45) is 0 Å². The Morgan fingerprint density at radius 1 is 1.12 bits per heavy atom. The highest BCUT2D eigenvalue weighted by Gasteiger charge is 2.12. The number of amides is 2. The summed E-state index contributed by atoms with van der Waals surface area (Å²) in [6.45, 7) is 5.46. The minimum absolute atomic E-state index is 0.0543. The lowest BCUT2D eigenvalue weighted by atomic mass is 10.1. The fourth-order valence-electron chi connectivity index (χ4n) is 2.32. The van der Waals surface area contributed by atoms with Crippen molar-refractivity contribution >= 4 is 11.7 Å². The van der Waals surface area contributed by atoms with Crippen molar-refractivity contribution in [3.05, 3.63) is 53.8 Å². The van der Waals surface area contributed by atoms with Crippen LogP contribution >= 0.6 is 0 Å². The number of nitrogens with one attached hydrogen (secondary N) is 2. The van der Waals surface area contributed by atoms with E-state index >= 15 is 0 Å². The van der Waals surface area contributed by atoms with Crippen molar-refractivity contribution in [1.29, 1.82) is 0 Å². The van der Waals surface area contributed by atoms with Gasteiger partial charge in [0.15, 0.2) is 0 Å². The first-order chi connectivity index (χ1) is 12.4. The Labute approximate surface area is 150 Å². The zero-order chi connectivity index (χ0) is 18.7. The van der Waals surface area contributed by atoms with E-state index in [4.69, 9.17) is 4.52 Å². The standard InChI is InChI=1S/C19H19FN4O2/c1-11(2)21-19(25)22-15-8-6-13(7-9-15)17-23-18(26-24-17)14-5-4-12(3)16(20)10-14/h4-11H,1-3H3,(H2,21,22,25). The molecule has 3 aromatic rings. The zero-order valence-electron chi connectivity index (χ0n) is 14.7. The van der Waals surface area contributed by atoms with Crippen molar-refractivity contribution in [3.63, 3.8) is 0 Å². The van der Waals surface area contributed by atoms with Gasteiger partial charge in [0, 0.05) is 22.9 Å². The Morgan fingerprint density at radius 3 is 2.46 bits per heavy atom. The van der Waals surface area contributed by atoms with Crippen molar-refractivity contribution < 1.29 is 13.7 Å². The number of hydrogen-bond acceptors (Lipinski definition) is 4. The molecule has 0 atom stereocenters. The van der Waals surface area contributed by atoms with Crippen LogP contribution in [0.1, 0.15) is 19.4 Å². The number of carbonyl (C=O) groups is 1. The summed E-state index contributed by atoms with van der Waals surface area (Å²) in [4.78, 5) is 16.0. The number of hydrogen-bond donors (Lipinski definition) is 2. The SMILES string of the molecule is Cc1ccc(-c2nc(-c3ccc(NC(=O)NC(C)C)cc3)no2)cc1F. The van der Waals surface area contributed by atoms with E-state index in [9.17, 15) is 9.18 Å². The van der Waals surface area contributed by atoms with Crippen molar-refractivity contribution in [3.8, 4) is 22.8 Å². The second kappa shape index (κ2) is 7.35. The van der Waals surface area contributed by atoms with E-state index in [1.54, 1.807) is 43.3 Å². The second-order valence-electron chi connectivity index (χ2n) is 6.22. The Balaban J connectivity index is 1.75. The predicted octanol–water partition coefficient (Wildman–Crippen LogP) is 4.38. The summed E-state index contributed by atoms with van der Waals surface area (Å²) in [5, 5.41) is 9.42. The number of rotatable bonds is 4. The first-order valence-electron chi connectivity index (χ1n) is 8.20. The summed E-state index contributed by atoms with van der Waals surface area (Å²) in [6.07, 6.45) is 0. The summed E-state index contributed by atoms with van der Waals surface area (Å²) in [6, 6.07) is 11.6. The molecule has 0 unspecified atom stereocenters. The van der Waals surface area contributed by atoms with Crippen LogP contribution in [0, 0.1) is 12.7 Å². The normalized spacial score (nSPS) is 10.8. The maximum Gasteiger partial charge on any atom is 0.319 e. The number of benzene rings is 2. The van der Waals surface area contributed by atoms with Crippen LogP contribution in [-0.2, 0) is 0 Å². The second-order valence-corrected chi connectivity index (χ2v) is 6.22. The average Bonchev–Trinajstić information content (AvgIpc) is 3.07. The van der Waals surface area contributed by atoms with Gasteiger partial charge in [-0.15, -0.1) is 0 Å². The average molecular weight is 354 g/mol. The van der Waals surface area contributed by atoms with Gasteiger partial charge in [-0.25, -0.2) is 9.18 Å². The van der Waals surface area contributed by atoms with Crippen LogP contribution in [0.5, 0.6) is 0 Å². The number of aromatic nitrogens is 2. The van der Waals surface area contributed by atoms with Gasteiger partial charge < -0.3 is 15.2 Å². The number of aryl methyl sites for hydroxylation is 1. The van der Waals surface area contributed by atoms with Crippen LogP contribution < -0.4 is 10.6 Å². The lowest BCUT2D eigenvalue weighted by molar-refractivity contribution is 0.250. The van der Waals surface area contributed by atoms with Gasteiger partial charge in [0.25, 0.3) is 5.89 Å². The fourth-order valence-corrected chi connectivity index (χ4v) is 2.32. The van der Waals surface area contributed by atoms with Crippen molar-refractivity contribution in [2.75, 3.05) is 5.32 Å². The first kappa shape index (κ1) is 17.6. The molecule has 1 aromatic heterocycles. The summed E-state index contributed by atoms with van der Waals surface area (Å²) in [5.74, 6) is 0.314. The van der Waals surface area contributed by atoms with E-state index in [0.717, 1.165) is 5.56 Å². The molecule has 1 heterocycles. The highest BCUT2D eigenvalue weighted by Crippen LogP contribution is 2.24. The Bertz CT molecular complexity index is 920. The van der Waals surface area contributed by atoms with Gasteiger partial charge in [0.1, 0.15) is 5.82 Å². The van der Waals surface area contributed by atoms with Gasteiger partial charge in [-0.05, 0) is 62.7 Å². The molecule has 0 aliphatic heterocycles. The number of urea groups is 1. The van der Waals surface area contributed by atoms with Gasteiger partial charge in [-0.2, -0.15) is 4.98 Å². The van der Waals surface area contributed by atoms with Gasteiger partial charge in [-0.1, -0.05) is 11.2 Å². The summed E-state index contributed by atoms with van der Waals surface area (Å²) < 4.78 is 18.9. The molecule has 2 amide bonds. The topological polar surface area (TPSA) is 80.0 Å². The number of halogens is 1. The maximum absolute atomic E-state index is 13.7. The molecule has 0 saturated heterocycles. The molecule has 0 spiro atoms. The van der Waals surface area contributed by atoms with Crippen molar-refractivity contribution in [1.82, 2.24) is 15.5 Å². The third-order valence-electron chi connectivity index (χ3n) is 3.67. The van der Waals surface area contributed by atoms with Gasteiger partial charge in [0.05, 0.1) is 0 Å². The highest BCUT2D eigenvalue weighted by molar-refractivity contribution is 5.89. The number of nitrogens with zero attached hydrogens (tertiary/aromatic N) is 2. The molecule has 2 N–H and O–H groups in total. The van der Waals surface area contributed by atoms with Crippen LogP contribution in [0.3, 0.4) is 0 Å². The third kappa shape index (κ3) is 4.05. The molecule has 6 nitrogen and oxygen atoms in total. The van der Waals surface area contributed by atoms with E-state index in [1.165, 1.54) is 6.07 Å². The summed E-state index contributed by atoms with van der Waals surface area (Å²) in [7, 11) is 0. The molecule has 0 bridgehead atoms. The summed E-state index contributed by atoms with van der Waals surface area (Å²) in [5.41, 5.74) is 2.45. The molecular formula is C19H19FN4O2. The van der Waals surface area contributed by atoms with E-state index in [-0.39, 0.29) is 23.8 Å². The molecule has 0 aliphatic carbocycles. The largest absolute Gasteiger partial charge is 0.336 e. The fraction of sp³-hybridized carbons (Fsp3) is 0.211. The third-order valence-corrected chi connectivity index (χ3v) is 3.67. The highest BCUT2D eigenvalue weighted by atomic mass is 19.1. The molecule has 0 aliphatic rings. The molecule has 0 saturated carbocycles. The van der Waals surface area contributed by atoms with E-state index in [1.807, 2.05) is 13.8 Å². The Kier molecular flexibility index (Phi) is 4.97. The maximum atomic E-state index is 13.7. The van der Waals surface area contributed by atoms with Crippen LogP contribution in [0.2, 0.25) is 0 Å². The molecule has 134 valence electrons. The lowest BCUT2D eigenvalue weighted by Gasteiger charge is -2.10. The Hall–Kier alpha value is -3.22. The number of carbonyl (C=O) groups excluding carboxylic acids is 1. The number of anilines is 1. The molecular weight excluding hydrogens is 335 g/mol. The summed E-state index contributed by atoms with van der Waals surface area (Å²) >= 11 is 0. The minimum atomic E-state index is -0.322. The van der Waals surface area contributed by atoms with E-state index in [2.05, 4.69) is 20.8 Å². The first-order valence-corrected chi connectivity index (χ1v) is 8.20. The van der Waals surface area contributed by atoms with Crippen LogP contribution in [-0.4, -0.2) is 22.2 Å². The molecule has 0 radical (unpaired) electrons. The Morgan fingerprint density at radius 2 is 1.81 bits per heavy atom. The van der Waals surface area contributed by atoms with Gasteiger partial charge in [-0.3, -0.25) is 0 Å². The smallest absolute Gasteiger partial charge is 0.319 e. The van der Waals surface area contributed by atoms with E-state index in [0.29, 0.717) is 22.6 Å². The molecule has 0 fully saturated rings. The van der Waals surface area contributed by atoms with Gasteiger partial charge >= 0.3 is 6.03 Å².